The second kappa shape index (κ2) is 9.27. The summed E-state index contributed by atoms with van der Waals surface area (Å²) in [6.45, 7) is 2.30. The first-order chi connectivity index (χ1) is 14.5. The van der Waals surface area contributed by atoms with Gasteiger partial charge >= 0.3 is 12.4 Å². The molecule has 168 valence electrons. The molecule has 1 aliphatic rings. The molecule has 0 radical (unpaired) electrons. The maximum Gasteiger partial charge on any atom is 0.418 e. The second-order valence-corrected chi connectivity index (χ2v) is 7.34. The van der Waals surface area contributed by atoms with Gasteiger partial charge < -0.3 is 5.32 Å². The fourth-order valence-corrected chi connectivity index (χ4v) is 3.44. The number of hydrogen-bond donors (Lipinski definition) is 1. The van der Waals surface area contributed by atoms with Crippen molar-refractivity contribution in [1.82, 2.24) is 9.80 Å². The van der Waals surface area contributed by atoms with Crippen LogP contribution in [0.1, 0.15) is 16.7 Å². The summed E-state index contributed by atoms with van der Waals surface area (Å²) in [7, 11) is 0. The number of alkyl halides is 6. The van der Waals surface area contributed by atoms with Crippen molar-refractivity contribution in [3.05, 3.63) is 65.2 Å². The van der Waals surface area contributed by atoms with Crippen LogP contribution in [0.25, 0.3) is 0 Å². The average molecular weight is 445 g/mol. The lowest BCUT2D eigenvalue weighted by atomic mass is 10.1. The molecule has 10 heteroatoms. The standard InChI is InChI=1S/C21H21F6N3O/c22-20(23,24)16-5-3-4-15(12-16)13-29-8-10-30(11-9-29)14-19(31)28-18-7-2-1-6-17(18)21(25,26)27/h1-7,12H,8-11,13-14H2,(H,28,31). The predicted molar refractivity (Wildman–Crippen MR) is 103 cm³/mol. The number of hydrogen-bond acceptors (Lipinski definition) is 3. The molecule has 1 heterocycles. The van der Waals surface area contributed by atoms with Crippen molar-refractivity contribution < 1.29 is 31.1 Å². The van der Waals surface area contributed by atoms with Crippen LogP contribution in [0, 0.1) is 0 Å². The van der Waals surface area contributed by atoms with E-state index in [9.17, 15) is 31.1 Å². The first-order valence-corrected chi connectivity index (χ1v) is 9.59. The molecule has 0 unspecified atom stereocenters. The van der Waals surface area contributed by atoms with Crippen LogP contribution in [-0.2, 0) is 23.7 Å². The van der Waals surface area contributed by atoms with Crippen LogP contribution in [0.3, 0.4) is 0 Å². The van der Waals surface area contributed by atoms with E-state index < -0.39 is 29.4 Å². The molecule has 1 aliphatic heterocycles. The molecule has 0 atom stereocenters. The number of amides is 1. The number of nitrogens with zero attached hydrogens (tertiary/aromatic N) is 2. The Balaban J connectivity index is 1.50. The van der Waals surface area contributed by atoms with Crippen LogP contribution >= 0.6 is 0 Å². The van der Waals surface area contributed by atoms with Gasteiger partial charge in [-0.2, -0.15) is 26.3 Å². The van der Waals surface area contributed by atoms with E-state index in [0.717, 1.165) is 18.2 Å². The lowest BCUT2D eigenvalue weighted by Crippen LogP contribution is -2.48. The van der Waals surface area contributed by atoms with Crippen LogP contribution in [-0.4, -0.2) is 48.4 Å². The second-order valence-electron chi connectivity index (χ2n) is 7.34. The molecule has 31 heavy (non-hydrogen) atoms. The largest absolute Gasteiger partial charge is 0.418 e. The van der Waals surface area contributed by atoms with E-state index in [-0.39, 0.29) is 12.2 Å². The monoisotopic (exact) mass is 445 g/mol. The molecule has 3 rings (SSSR count). The molecule has 4 nitrogen and oxygen atoms in total. The van der Waals surface area contributed by atoms with Gasteiger partial charge in [0.25, 0.3) is 0 Å². The number of benzene rings is 2. The van der Waals surface area contributed by atoms with Gasteiger partial charge in [-0.25, -0.2) is 0 Å². The number of para-hydroxylation sites is 1. The molecule has 0 aliphatic carbocycles. The van der Waals surface area contributed by atoms with Gasteiger partial charge in [0.2, 0.25) is 5.91 Å². The van der Waals surface area contributed by atoms with Crippen molar-refractivity contribution in [2.75, 3.05) is 38.0 Å². The number of piperazine rings is 1. The third-order valence-electron chi connectivity index (χ3n) is 5.00. The van der Waals surface area contributed by atoms with E-state index in [4.69, 9.17) is 0 Å². The molecule has 0 aromatic heterocycles. The Kier molecular flexibility index (Phi) is 6.90. The minimum atomic E-state index is -4.57. The van der Waals surface area contributed by atoms with Crippen LogP contribution in [0.5, 0.6) is 0 Å². The van der Waals surface area contributed by atoms with Crippen molar-refractivity contribution in [3.8, 4) is 0 Å². The molecule has 2 aromatic rings. The summed E-state index contributed by atoms with van der Waals surface area (Å²) in [5, 5.41) is 2.32. The summed E-state index contributed by atoms with van der Waals surface area (Å²) in [4.78, 5) is 16.0. The normalized spacial score (nSPS) is 16.3. The maximum absolute atomic E-state index is 13.0. The summed E-state index contributed by atoms with van der Waals surface area (Å²) in [5.74, 6) is -0.553. The molecular weight excluding hydrogens is 424 g/mol. The molecule has 0 bridgehead atoms. The minimum Gasteiger partial charge on any atom is -0.324 e. The molecular formula is C21H21F6N3O. The number of rotatable bonds is 5. The third-order valence-corrected chi connectivity index (χ3v) is 5.00. The Morgan fingerprint density at radius 1 is 0.839 bits per heavy atom. The van der Waals surface area contributed by atoms with Crippen LogP contribution < -0.4 is 5.32 Å². The van der Waals surface area contributed by atoms with Gasteiger partial charge in [0, 0.05) is 32.7 Å². The van der Waals surface area contributed by atoms with Gasteiger partial charge in [-0.15, -0.1) is 0 Å². The van der Waals surface area contributed by atoms with Gasteiger partial charge in [0.05, 0.1) is 23.4 Å². The Hall–Kier alpha value is -2.59. The highest BCUT2D eigenvalue weighted by Gasteiger charge is 2.34. The highest BCUT2D eigenvalue weighted by molar-refractivity contribution is 5.93. The molecule has 1 saturated heterocycles. The fraction of sp³-hybridized carbons (Fsp3) is 0.381. The average Bonchev–Trinajstić information content (AvgIpc) is 2.69. The zero-order valence-electron chi connectivity index (χ0n) is 16.4. The lowest BCUT2D eigenvalue weighted by Gasteiger charge is -2.34. The zero-order chi connectivity index (χ0) is 22.6. The number of anilines is 1. The number of halogens is 6. The van der Waals surface area contributed by atoms with Gasteiger partial charge in [0.1, 0.15) is 0 Å². The van der Waals surface area contributed by atoms with Crippen LogP contribution in [0.4, 0.5) is 32.0 Å². The highest BCUT2D eigenvalue weighted by Crippen LogP contribution is 2.34. The van der Waals surface area contributed by atoms with Crippen molar-refractivity contribution in [1.29, 1.82) is 0 Å². The van der Waals surface area contributed by atoms with Crippen LogP contribution in [0.15, 0.2) is 48.5 Å². The highest BCUT2D eigenvalue weighted by atomic mass is 19.4. The molecule has 1 amide bonds. The van der Waals surface area contributed by atoms with Crippen molar-refractivity contribution in [2.45, 2.75) is 18.9 Å². The smallest absolute Gasteiger partial charge is 0.324 e. The molecule has 1 fully saturated rings. The molecule has 1 N–H and O–H groups in total. The first-order valence-electron chi connectivity index (χ1n) is 9.59. The Bertz CT molecular complexity index is 904. The number of nitrogens with one attached hydrogen (secondary N) is 1. The van der Waals surface area contributed by atoms with Gasteiger partial charge in [0.15, 0.2) is 0 Å². The van der Waals surface area contributed by atoms with E-state index in [2.05, 4.69) is 5.32 Å². The third kappa shape index (κ3) is 6.44. The van der Waals surface area contributed by atoms with Crippen molar-refractivity contribution >= 4 is 11.6 Å². The van der Waals surface area contributed by atoms with Gasteiger partial charge in [-0.1, -0.05) is 30.3 Å². The quantitative estimate of drug-likeness (QED) is 0.690. The SMILES string of the molecule is O=C(CN1CCN(Cc2cccc(C(F)(F)F)c2)CC1)Nc1ccccc1C(F)(F)F. The Labute approximate surface area is 175 Å². The van der Waals surface area contributed by atoms with E-state index in [1.807, 2.05) is 4.90 Å². The first kappa shape index (κ1) is 23.1. The summed E-state index contributed by atoms with van der Waals surface area (Å²) < 4.78 is 77.7. The van der Waals surface area contributed by atoms with E-state index in [1.54, 1.807) is 11.0 Å². The topological polar surface area (TPSA) is 35.6 Å². The van der Waals surface area contributed by atoms with Crippen molar-refractivity contribution in [3.63, 3.8) is 0 Å². The number of carbonyl (C=O) groups excluding carboxylic acids is 1. The Morgan fingerprint density at radius 3 is 2.13 bits per heavy atom. The lowest BCUT2D eigenvalue weighted by molar-refractivity contribution is -0.138. The summed E-state index contributed by atoms with van der Waals surface area (Å²) in [6, 6.07) is 9.93. The fourth-order valence-electron chi connectivity index (χ4n) is 3.44. The Morgan fingerprint density at radius 2 is 1.48 bits per heavy atom. The maximum atomic E-state index is 13.0. The van der Waals surface area contributed by atoms with Crippen LogP contribution in [0.2, 0.25) is 0 Å². The van der Waals surface area contributed by atoms with Gasteiger partial charge in [-0.05, 0) is 23.8 Å². The van der Waals surface area contributed by atoms with E-state index in [1.165, 1.54) is 24.3 Å². The zero-order valence-corrected chi connectivity index (χ0v) is 16.4. The van der Waals surface area contributed by atoms with Crippen molar-refractivity contribution in [2.24, 2.45) is 0 Å². The van der Waals surface area contributed by atoms with E-state index >= 15 is 0 Å². The summed E-state index contributed by atoms with van der Waals surface area (Å²) in [5.41, 5.74) is -1.35. The summed E-state index contributed by atoms with van der Waals surface area (Å²) >= 11 is 0. The summed E-state index contributed by atoms with van der Waals surface area (Å²) in [6.07, 6.45) is -8.97. The molecule has 2 aromatic carbocycles. The van der Waals surface area contributed by atoms with E-state index in [0.29, 0.717) is 38.3 Å². The van der Waals surface area contributed by atoms with Gasteiger partial charge in [-0.3, -0.25) is 14.6 Å². The number of carbonyl (C=O) groups is 1. The molecule has 0 spiro atoms. The minimum absolute atomic E-state index is 0.0659. The predicted octanol–water partition coefficient (Wildman–Crippen LogP) is 4.48. The molecule has 0 saturated carbocycles.